The van der Waals surface area contributed by atoms with E-state index in [0.29, 0.717) is 16.8 Å². The van der Waals surface area contributed by atoms with Gasteiger partial charge in [-0.05, 0) is 18.3 Å². The van der Waals surface area contributed by atoms with Gasteiger partial charge in [-0.25, -0.2) is 0 Å². The lowest BCUT2D eigenvalue weighted by Gasteiger charge is -2.26. The van der Waals surface area contributed by atoms with Crippen LogP contribution < -0.4 is 20.7 Å². The molecule has 0 saturated heterocycles. The summed E-state index contributed by atoms with van der Waals surface area (Å²) in [6.45, 7) is 7.52. The van der Waals surface area contributed by atoms with Crippen LogP contribution in [0.25, 0.3) is 0 Å². The molecule has 0 spiro atoms. The lowest BCUT2D eigenvalue weighted by molar-refractivity contribution is 0.361. The maximum atomic E-state index is 11.6. The fraction of sp³-hybridized carbons (Fsp3) is 0.733. The Kier molecular flexibility index (Phi) is 4.77. The third-order valence-electron chi connectivity index (χ3n) is 3.36. The molecule has 0 bridgehead atoms. The molecule has 0 aromatic heterocycles. The van der Waals surface area contributed by atoms with E-state index < -0.39 is 0 Å². The van der Waals surface area contributed by atoms with Crippen molar-refractivity contribution >= 4 is 11.4 Å². The summed E-state index contributed by atoms with van der Waals surface area (Å²) in [5.41, 5.74) is 0.771. The van der Waals surface area contributed by atoms with E-state index in [1.54, 1.807) is 19.0 Å². The lowest BCUT2D eigenvalue weighted by Crippen LogP contribution is -2.43. The second kappa shape index (κ2) is 5.76. The monoisotopic (exact) mass is 266 g/mol. The molecule has 1 rings (SSSR count). The van der Waals surface area contributed by atoms with Gasteiger partial charge >= 0.3 is 0 Å². The molecule has 0 amide bonds. The molecule has 0 fully saturated rings. The Labute approximate surface area is 115 Å². The topological polar surface area (TPSA) is 40.6 Å². The first-order chi connectivity index (χ1) is 8.65. The summed E-state index contributed by atoms with van der Waals surface area (Å²) in [7, 11) is 5.49. The molecule has 4 nitrogen and oxygen atoms in total. The predicted octanol–water partition coefficient (Wildman–Crippen LogP) is 2.00. The van der Waals surface area contributed by atoms with Gasteiger partial charge in [-0.15, -0.1) is 0 Å². The Balaban J connectivity index is 2.56. The SMILES string of the molecule is CN(C)c1c(N(C)CCCCC(C)(C)C)c(=O)c1=O. The van der Waals surface area contributed by atoms with E-state index >= 15 is 0 Å². The number of hydrogen-bond donors (Lipinski definition) is 0. The number of anilines is 2. The van der Waals surface area contributed by atoms with E-state index in [9.17, 15) is 9.59 Å². The predicted molar refractivity (Wildman–Crippen MR) is 82.3 cm³/mol. The standard InChI is InChI=1S/C15H26N2O2/c1-15(2,3)9-7-8-10-17(6)12-11(16(4)5)13(18)14(12)19/h7-10H2,1-6H3. The van der Waals surface area contributed by atoms with Gasteiger partial charge in [-0.1, -0.05) is 27.2 Å². The fourth-order valence-corrected chi connectivity index (χ4v) is 2.25. The third kappa shape index (κ3) is 3.82. The third-order valence-corrected chi connectivity index (χ3v) is 3.36. The molecule has 1 aromatic rings. The van der Waals surface area contributed by atoms with Crippen molar-refractivity contribution in [3.63, 3.8) is 0 Å². The van der Waals surface area contributed by atoms with Gasteiger partial charge in [0, 0.05) is 27.7 Å². The van der Waals surface area contributed by atoms with E-state index in [-0.39, 0.29) is 10.9 Å². The number of nitrogens with zero attached hydrogens (tertiary/aromatic N) is 2. The highest BCUT2D eigenvalue weighted by Crippen LogP contribution is 2.24. The Morgan fingerprint density at radius 2 is 1.42 bits per heavy atom. The first-order valence-corrected chi connectivity index (χ1v) is 6.87. The van der Waals surface area contributed by atoms with Crippen molar-refractivity contribution in [1.82, 2.24) is 0 Å². The summed E-state index contributed by atoms with van der Waals surface area (Å²) in [5.74, 6) is 0. The zero-order valence-electron chi connectivity index (χ0n) is 13.0. The fourth-order valence-electron chi connectivity index (χ4n) is 2.25. The molecule has 0 N–H and O–H groups in total. The van der Waals surface area contributed by atoms with Gasteiger partial charge in [-0.2, -0.15) is 0 Å². The van der Waals surface area contributed by atoms with E-state index in [4.69, 9.17) is 0 Å². The van der Waals surface area contributed by atoms with Crippen molar-refractivity contribution in [2.45, 2.75) is 40.0 Å². The molecule has 0 radical (unpaired) electrons. The van der Waals surface area contributed by atoms with Crippen LogP contribution in [0.3, 0.4) is 0 Å². The van der Waals surface area contributed by atoms with Crippen LogP contribution in [0.5, 0.6) is 0 Å². The van der Waals surface area contributed by atoms with Crippen LogP contribution in [0, 0.1) is 5.41 Å². The van der Waals surface area contributed by atoms with E-state index in [0.717, 1.165) is 19.4 Å². The van der Waals surface area contributed by atoms with Crippen LogP contribution in [-0.4, -0.2) is 27.7 Å². The molecular formula is C15H26N2O2. The summed E-state index contributed by atoms with van der Waals surface area (Å²) < 4.78 is 0. The van der Waals surface area contributed by atoms with Gasteiger partial charge in [-0.3, -0.25) is 9.59 Å². The van der Waals surface area contributed by atoms with Gasteiger partial charge in [0.05, 0.1) is 0 Å². The highest BCUT2D eigenvalue weighted by Gasteiger charge is 2.25. The Hall–Kier alpha value is -1.32. The number of unbranched alkanes of at least 4 members (excludes halogenated alkanes) is 1. The minimum absolute atomic E-state index is 0.345. The zero-order valence-corrected chi connectivity index (χ0v) is 13.0. The quantitative estimate of drug-likeness (QED) is 0.583. The molecule has 0 aliphatic carbocycles. The molecular weight excluding hydrogens is 240 g/mol. The molecule has 19 heavy (non-hydrogen) atoms. The van der Waals surface area contributed by atoms with Crippen LogP contribution in [0.2, 0.25) is 0 Å². The molecule has 0 saturated carbocycles. The van der Waals surface area contributed by atoms with Crippen molar-refractivity contribution < 1.29 is 0 Å². The van der Waals surface area contributed by atoms with Crippen LogP contribution in [0.4, 0.5) is 11.4 Å². The van der Waals surface area contributed by atoms with Crippen molar-refractivity contribution in [3.8, 4) is 0 Å². The average molecular weight is 266 g/mol. The minimum Gasteiger partial charge on any atom is -0.373 e. The summed E-state index contributed by atoms with van der Waals surface area (Å²) in [6, 6.07) is 0. The second-order valence-corrected chi connectivity index (χ2v) is 6.69. The smallest absolute Gasteiger partial charge is 0.253 e. The van der Waals surface area contributed by atoms with E-state index in [2.05, 4.69) is 20.8 Å². The van der Waals surface area contributed by atoms with Crippen LogP contribution >= 0.6 is 0 Å². The summed E-state index contributed by atoms with van der Waals surface area (Å²) >= 11 is 0. The zero-order chi connectivity index (χ0) is 14.8. The second-order valence-electron chi connectivity index (χ2n) is 6.69. The van der Waals surface area contributed by atoms with Gasteiger partial charge in [0.25, 0.3) is 10.9 Å². The molecule has 4 heteroatoms. The number of rotatable bonds is 6. The Morgan fingerprint density at radius 1 is 0.895 bits per heavy atom. The maximum absolute atomic E-state index is 11.6. The first kappa shape index (κ1) is 15.7. The highest BCUT2D eigenvalue weighted by atomic mass is 16.2. The van der Waals surface area contributed by atoms with Crippen molar-refractivity contribution in [3.05, 3.63) is 20.4 Å². The molecule has 0 aliphatic heterocycles. The van der Waals surface area contributed by atoms with E-state index in [1.165, 1.54) is 6.42 Å². The van der Waals surface area contributed by atoms with Crippen molar-refractivity contribution in [2.24, 2.45) is 5.41 Å². The number of hydrogen-bond acceptors (Lipinski definition) is 4. The largest absolute Gasteiger partial charge is 0.373 e. The Morgan fingerprint density at radius 3 is 1.89 bits per heavy atom. The summed E-state index contributed by atoms with van der Waals surface area (Å²) in [5, 5.41) is 0. The van der Waals surface area contributed by atoms with Crippen LogP contribution in [0.1, 0.15) is 40.0 Å². The minimum atomic E-state index is -0.360. The molecule has 0 atom stereocenters. The van der Waals surface area contributed by atoms with Crippen LogP contribution in [-0.2, 0) is 0 Å². The molecule has 1 aromatic carbocycles. The highest BCUT2D eigenvalue weighted by molar-refractivity contribution is 5.75. The molecule has 0 unspecified atom stereocenters. The average Bonchev–Trinajstić information content (AvgIpc) is 2.28. The van der Waals surface area contributed by atoms with Crippen molar-refractivity contribution in [1.29, 1.82) is 0 Å². The van der Waals surface area contributed by atoms with Gasteiger partial charge in [0.1, 0.15) is 11.4 Å². The van der Waals surface area contributed by atoms with Crippen molar-refractivity contribution in [2.75, 3.05) is 37.5 Å². The maximum Gasteiger partial charge on any atom is 0.253 e. The molecule has 108 valence electrons. The van der Waals surface area contributed by atoms with Gasteiger partial charge < -0.3 is 9.80 Å². The normalized spacial score (nSPS) is 11.9. The molecule has 0 heterocycles. The Bertz CT molecular complexity index is 491. The van der Waals surface area contributed by atoms with Gasteiger partial charge in [0.2, 0.25) is 0 Å². The summed E-state index contributed by atoms with van der Waals surface area (Å²) in [4.78, 5) is 26.8. The van der Waals surface area contributed by atoms with Gasteiger partial charge in [0.15, 0.2) is 0 Å². The summed E-state index contributed by atoms with van der Waals surface area (Å²) in [6.07, 6.45) is 3.35. The first-order valence-electron chi connectivity index (χ1n) is 6.87. The lowest BCUT2D eigenvalue weighted by atomic mass is 9.90. The molecule has 0 aliphatic rings. The van der Waals surface area contributed by atoms with E-state index in [1.807, 2.05) is 11.9 Å². The van der Waals surface area contributed by atoms with Crippen LogP contribution in [0.15, 0.2) is 9.59 Å².